The minimum Gasteiger partial charge on any atom is -0.406 e. The summed E-state index contributed by atoms with van der Waals surface area (Å²) in [7, 11) is 0. The van der Waals surface area contributed by atoms with Gasteiger partial charge in [0.2, 0.25) is 5.91 Å². The van der Waals surface area contributed by atoms with Crippen LogP contribution >= 0.6 is 0 Å². The van der Waals surface area contributed by atoms with Gasteiger partial charge in [-0.25, -0.2) is 14.3 Å². The third-order valence-corrected chi connectivity index (χ3v) is 3.41. The molecule has 0 bridgehead atoms. The largest absolute Gasteiger partial charge is 0.421 e. The second kappa shape index (κ2) is 5.46. The Morgan fingerprint density at radius 2 is 2.30 bits per heavy atom. The van der Waals surface area contributed by atoms with Crippen molar-refractivity contribution in [2.75, 3.05) is 26.2 Å². The number of pyridine rings is 1. The Balaban J connectivity index is 1.83. The van der Waals surface area contributed by atoms with Crippen LogP contribution in [0.4, 0.5) is 0 Å². The van der Waals surface area contributed by atoms with Gasteiger partial charge in [-0.3, -0.25) is 4.79 Å². The molecule has 0 aromatic carbocycles. The molecule has 7 nitrogen and oxygen atoms in total. The molecule has 1 aliphatic heterocycles. The summed E-state index contributed by atoms with van der Waals surface area (Å²) in [6.07, 6.45) is 2.50. The van der Waals surface area contributed by atoms with Crippen LogP contribution in [0.25, 0.3) is 11.2 Å². The second-order valence-corrected chi connectivity index (χ2v) is 4.76. The molecule has 3 heterocycles. The van der Waals surface area contributed by atoms with Gasteiger partial charge in [0.15, 0.2) is 11.2 Å². The van der Waals surface area contributed by atoms with Crippen LogP contribution in [0.15, 0.2) is 27.5 Å². The van der Waals surface area contributed by atoms with Crippen molar-refractivity contribution in [3.05, 3.63) is 28.9 Å². The number of carbonyl (C=O) groups excluding carboxylic acids is 1. The fourth-order valence-electron chi connectivity index (χ4n) is 2.37. The highest BCUT2D eigenvalue weighted by molar-refractivity contribution is 5.78. The van der Waals surface area contributed by atoms with Gasteiger partial charge in [0.25, 0.3) is 0 Å². The molecule has 1 N–H and O–H groups in total. The van der Waals surface area contributed by atoms with Gasteiger partial charge in [-0.1, -0.05) is 0 Å². The molecule has 7 heteroatoms. The van der Waals surface area contributed by atoms with Gasteiger partial charge in [0, 0.05) is 25.8 Å². The Morgan fingerprint density at radius 1 is 1.40 bits per heavy atom. The molecule has 2 aromatic rings. The summed E-state index contributed by atoms with van der Waals surface area (Å²) in [5.41, 5.74) is 0.821. The number of aromatic nitrogens is 2. The van der Waals surface area contributed by atoms with E-state index in [9.17, 15) is 9.59 Å². The van der Waals surface area contributed by atoms with Crippen LogP contribution in [0.3, 0.4) is 0 Å². The summed E-state index contributed by atoms with van der Waals surface area (Å²) in [5, 5.41) is 3.24. The van der Waals surface area contributed by atoms with Gasteiger partial charge in [-0.2, -0.15) is 0 Å². The van der Waals surface area contributed by atoms with Gasteiger partial charge in [-0.15, -0.1) is 0 Å². The van der Waals surface area contributed by atoms with E-state index < -0.39 is 5.76 Å². The molecule has 0 atom stereocenters. The van der Waals surface area contributed by atoms with Crippen molar-refractivity contribution < 1.29 is 9.21 Å². The Labute approximate surface area is 115 Å². The van der Waals surface area contributed by atoms with E-state index in [0.29, 0.717) is 24.3 Å². The molecular weight excluding hydrogens is 260 g/mol. The fraction of sp³-hybridized carbons (Fsp3) is 0.462. The van der Waals surface area contributed by atoms with E-state index in [2.05, 4.69) is 10.3 Å². The van der Waals surface area contributed by atoms with Crippen molar-refractivity contribution in [2.24, 2.45) is 0 Å². The molecule has 0 radical (unpaired) electrons. The number of amides is 1. The molecule has 1 amide bonds. The van der Waals surface area contributed by atoms with Crippen molar-refractivity contribution in [3.8, 4) is 0 Å². The highest BCUT2D eigenvalue weighted by Crippen LogP contribution is 2.09. The third kappa shape index (κ3) is 2.44. The predicted molar refractivity (Wildman–Crippen MR) is 72.3 cm³/mol. The molecule has 1 aliphatic rings. The fourth-order valence-corrected chi connectivity index (χ4v) is 2.37. The first kappa shape index (κ1) is 12.9. The number of oxazole rings is 1. The lowest BCUT2D eigenvalue weighted by atomic mass is 10.3. The summed E-state index contributed by atoms with van der Waals surface area (Å²) >= 11 is 0. The van der Waals surface area contributed by atoms with E-state index in [1.807, 2.05) is 0 Å². The Kier molecular flexibility index (Phi) is 3.51. The molecule has 1 fully saturated rings. The van der Waals surface area contributed by atoms with E-state index in [0.717, 1.165) is 19.5 Å². The summed E-state index contributed by atoms with van der Waals surface area (Å²) in [5.74, 6) is -0.621. The zero-order valence-electron chi connectivity index (χ0n) is 11.0. The van der Waals surface area contributed by atoms with Gasteiger partial charge in [-0.05, 0) is 25.1 Å². The molecule has 0 unspecified atom stereocenters. The first-order valence-electron chi connectivity index (χ1n) is 6.68. The highest BCUT2D eigenvalue weighted by Gasteiger charge is 2.19. The van der Waals surface area contributed by atoms with Crippen molar-refractivity contribution in [1.29, 1.82) is 0 Å². The molecule has 0 saturated carbocycles. The Hall–Kier alpha value is -2.15. The van der Waals surface area contributed by atoms with Crippen LogP contribution in [0.5, 0.6) is 0 Å². The predicted octanol–water partition coefficient (Wildman–Crippen LogP) is -0.189. The van der Waals surface area contributed by atoms with Gasteiger partial charge in [0.05, 0.1) is 0 Å². The SMILES string of the molecule is O=C(Cn1c(=O)oc2cccnc21)N1CCCNCC1. The molecule has 0 aliphatic carbocycles. The average molecular weight is 276 g/mol. The minimum atomic E-state index is -0.542. The van der Waals surface area contributed by atoms with E-state index in [1.165, 1.54) is 4.57 Å². The monoisotopic (exact) mass is 276 g/mol. The lowest BCUT2D eigenvalue weighted by Crippen LogP contribution is -2.38. The number of nitrogens with zero attached hydrogens (tertiary/aromatic N) is 3. The Morgan fingerprint density at radius 3 is 3.20 bits per heavy atom. The third-order valence-electron chi connectivity index (χ3n) is 3.41. The maximum atomic E-state index is 12.3. The minimum absolute atomic E-state index is 0.0250. The number of fused-ring (bicyclic) bond motifs is 1. The van der Waals surface area contributed by atoms with Gasteiger partial charge >= 0.3 is 5.76 Å². The summed E-state index contributed by atoms with van der Waals surface area (Å²) in [6, 6.07) is 3.36. The molecule has 106 valence electrons. The quantitative estimate of drug-likeness (QED) is 0.822. The van der Waals surface area contributed by atoms with Gasteiger partial charge in [0.1, 0.15) is 6.54 Å². The van der Waals surface area contributed by atoms with Crippen molar-refractivity contribution >= 4 is 17.1 Å². The van der Waals surface area contributed by atoms with Gasteiger partial charge < -0.3 is 14.6 Å². The van der Waals surface area contributed by atoms with Crippen LogP contribution in [0.2, 0.25) is 0 Å². The summed E-state index contributed by atoms with van der Waals surface area (Å²) in [4.78, 5) is 30.0. The topological polar surface area (TPSA) is 80.4 Å². The smallest absolute Gasteiger partial charge is 0.406 e. The van der Waals surface area contributed by atoms with Crippen LogP contribution < -0.4 is 11.1 Å². The molecule has 1 saturated heterocycles. The van der Waals surface area contributed by atoms with E-state index in [-0.39, 0.29) is 12.5 Å². The van der Waals surface area contributed by atoms with E-state index in [4.69, 9.17) is 4.42 Å². The molecule has 2 aromatic heterocycles. The van der Waals surface area contributed by atoms with Crippen LogP contribution in [-0.2, 0) is 11.3 Å². The Bertz CT molecular complexity index is 668. The number of nitrogens with one attached hydrogen (secondary N) is 1. The first-order valence-corrected chi connectivity index (χ1v) is 6.68. The van der Waals surface area contributed by atoms with Crippen molar-refractivity contribution in [2.45, 2.75) is 13.0 Å². The number of carbonyl (C=O) groups is 1. The normalized spacial score (nSPS) is 16.3. The lowest BCUT2D eigenvalue weighted by molar-refractivity contribution is -0.131. The maximum Gasteiger partial charge on any atom is 0.421 e. The van der Waals surface area contributed by atoms with Crippen LogP contribution in [0.1, 0.15) is 6.42 Å². The van der Waals surface area contributed by atoms with Crippen molar-refractivity contribution in [1.82, 2.24) is 19.8 Å². The first-order chi connectivity index (χ1) is 9.75. The zero-order chi connectivity index (χ0) is 13.9. The zero-order valence-corrected chi connectivity index (χ0v) is 11.0. The molecule has 0 spiro atoms. The van der Waals surface area contributed by atoms with E-state index >= 15 is 0 Å². The lowest BCUT2D eigenvalue weighted by Gasteiger charge is -2.19. The van der Waals surface area contributed by atoms with Crippen LogP contribution in [-0.4, -0.2) is 46.5 Å². The van der Waals surface area contributed by atoms with E-state index in [1.54, 1.807) is 23.2 Å². The number of hydrogen-bond acceptors (Lipinski definition) is 5. The highest BCUT2D eigenvalue weighted by atomic mass is 16.4. The number of rotatable bonds is 2. The molecule has 20 heavy (non-hydrogen) atoms. The maximum absolute atomic E-state index is 12.3. The standard InChI is InChI=1S/C13H16N4O3/c18-11(16-7-2-4-14-6-8-16)9-17-12-10(20-13(17)19)3-1-5-15-12/h1,3,5,14H,2,4,6-9H2. The summed E-state index contributed by atoms with van der Waals surface area (Å²) in [6.45, 7) is 3.05. The van der Waals surface area contributed by atoms with Crippen LogP contribution in [0, 0.1) is 0 Å². The summed E-state index contributed by atoms with van der Waals surface area (Å²) < 4.78 is 6.36. The second-order valence-electron chi connectivity index (χ2n) is 4.76. The average Bonchev–Trinajstić information content (AvgIpc) is 2.66. The molecular formula is C13H16N4O3. The number of hydrogen-bond donors (Lipinski definition) is 1. The molecule has 3 rings (SSSR count). The van der Waals surface area contributed by atoms with Crippen molar-refractivity contribution in [3.63, 3.8) is 0 Å².